The number of aromatic nitrogens is 4. The highest BCUT2D eigenvalue weighted by molar-refractivity contribution is 5.34. The molecule has 0 N–H and O–H groups in total. The van der Waals surface area contributed by atoms with E-state index in [9.17, 15) is 0 Å². The lowest BCUT2D eigenvalue weighted by Gasteiger charge is -1.98. The molecule has 1 radical (unpaired) electrons. The molecule has 4 nitrogen and oxygen atoms in total. The molecular weight excluding hydrogens is 176 g/mol. The molecule has 0 spiro atoms. The first-order valence-corrected chi connectivity index (χ1v) is 4.98. The third-order valence-corrected chi connectivity index (χ3v) is 2.14. The summed E-state index contributed by atoms with van der Waals surface area (Å²) < 4.78 is 1.56. The van der Waals surface area contributed by atoms with Gasteiger partial charge in [-0.05, 0) is 6.42 Å². The number of rotatable bonds is 4. The molecule has 0 saturated heterocycles. The van der Waals surface area contributed by atoms with E-state index in [-0.39, 0.29) is 0 Å². The van der Waals surface area contributed by atoms with E-state index in [2.05, 4.69) is 28.3 Å². The second-order valence-corrected chi connectivity index (χ2v) is 3.30. The Morgan fingerprint density at radius 2 is 2.36 bits per heavy atom. The first kappa shape index (κ1) is 9.12. The van der Waals surface area contributed by atoms with Crippen LogP contribution in [0.1, 0.15) is 32.0 Å². The largest absolute Gasteiger partial charge is 0.214 e. The van der Waals surface area contributed by atoms with E-state index < -0.39 is 0 Å². The lowest BCUT2D eigenvalue weighted by molar-refractivity contribution is 0.687. The molecule has 0 aromatic carbocycles. The van der Waals surface area contributed by atoms with E-state index in [1.54, 1.807) is 10.7 Å². The van der Waals surface area contributed by atoms with E-state index in [1.165, 1.54) is 12.8 Å². The zero-order chi connectivity index (χ0) is 9.80. The third-order valence-electron chi connectivity index (χ3n) is 2.14. The minimum Gasteiger partial charge on any atom is -0.214 e. The molecule has 2 aromatic rings. The van der Waals surface area contributed by atoms with Gasteiger partial charge in [-0.1, -0.05) is 19.8 Å². The molecule has 14 heavy (non-hydrogen) atoms. The SMILES string of the molecule is CCCCCc1n[c]n2nccc2n1. The molecule has 0 atom stereocenters. The molecule has 0 aliphatic carbocycles. The first-order valence-electron chi connectivity index (χ1n) is 4.98. The van der Waals surface area contributed by atoms with Crippen molar-refractivity contribution in [2.24, 2.45) is 0 Å². The van der Waals surface area contributed by atoms with Crippen LogP contribution in [0.15, 0.2) is 12.3 Å². The fraction of sp³-hybridized carbons (Fsp3) is 0.500. The van der Waals surface area contributed by atoms with Crippen molar-refractivity contribution in [3.63, 3.8) is 0 Å². The molecule has 0 amide bonds. The summed E-state index contributed by atoms with van der Waals surface area (Å²) in [6.07, 6.45) is 9.06. The normalized spacial score (nSPS) is 10.9. The highest BCUT2D eigenvalue weighted by Gasteiger charge is 1.99. The van der Waals surface area contributed by atoms with Gasteiger partial charge in [-0.2, -0.15) is 9.61 Å². The monoisotopic (exact) mass is 189 g/mol. The van der Waals surface area contributed by atoms with Crippen molar-refractivity contribution in [1.82, 2.24) is 19.6 Å². The van der Waals surface area contributed by atoms with Gasteiger partial charge in [0.2, 0.25) is 6.33 Å². The summed E-state index contributed by atoms with van der Waals surface area (Å²) in [5.41, 5.74) is 0.825. The van der Waals surface area contributed by atoms with Crippen molar-refractivity contribution in [3.8, 4) is 0 Å². The molecule has 2 rings (SSSR count). The molecule has 0 fully saturated rings. The Morgan fingerprint density at radius 3 is 3.21 bits per heavy atom. The number of aryl methyl sites for hydroxylation is 1. The van der Waals surface area contributed by atoms with E-state index in [0.29, 0.717) is 0 Å². The van der Waals surface area contributed by atoms with Crippen LogP contribution in [-0.4, -0.2) is 19.6 Å². The van der Waals surface area contributed by atoms with E-state index in [1.807, 2.05) is 6.07 Å². The molecule has 0 bridgehead atoms. The molecule has 0 unspecified atom stereocenters. The van der Waals surface area contributed by atoms with Crippen LogP contribution >= 0.6 is 0 Å². The van der Waals surface area contributed by atoms with Crippen LogP contribution in [0.25, 0.3) is 5.65 Å². The Morgan fingerprint density at radius 1 is 1.43 bits per heavy atom. The van der Waals surface area contributed by atoms with Crippen molar-refractivity contribution in [1.29, 1.82) is 0 Å². The lowest BCUT2D eigenvalue weighted by Crippen LogP contribution is -2.00. The topological polar surface area (TPSA) is 43.1 Å². The average molecular weight is 189 g/mol. The summed E-state index contributed by atoms with van der Waals surface area (Å²) in [6, 6.07) is 1.86. The lowest BCUT2D eigenvalue weighted by atomic mass is 10.2. The van der Waals surface area contributed by atoms with Gasteiger partial charge < -0.3 is 0 Å². The molecule has 0 aliphatic rings. The zero-order valence-corrected chi connectivity index (χ0v) is 8.27. The summed E-state index contributed by atoms with van der Waals surface area (Å²) in [6.45, 7) is 2.19. The van der Waals surface area contributed by atoms with Gasteiger partial charge in [0, 0.05) is 12.5 Å². The molecule has 0 aliphatic heterocycles. The van der Waals surface area contributed by atoms with Crippen LogP contribution in [-0.2, 0) is 6.42 Å². The Bertz CT molecular complexity index is 407. The number of nitrogens with zero attached hydrogens (tertiary/aromatic N) is 4. The van der Waals surface area contributed by atoms with Gasteiger partial charge in [-0.15, -0.1) is 0 Å². The zero-order valence-electron chi connectivity index (χ0n) is 8.27. The first-order chi connectivity index (χ1) is 6.90. The van der Waals surface area contributed by atoms with Crippen molar-refractivity contribution in [3.05, 3.63) is 24.4 Å². The quantitative estimate of drug-likeness (QED) is 0.687. The predicted molar refractivity (Wildman–Crippen MR) is 52.8 cm³/mol. The van der Waals surface area contributed by atoms with Crippen LogP contribution in [0.3, 0.4) is 0 Å². The Balaban J connectivity index is 2.10. The third kappa shape index (κ3) is 1.89. The van der Waals surface area contributed by atoms with Crippen LogP contribution in [0.5, 0.6) is 0 Å². The fourth-order valence-corrected chi connectivity index (χ4v) is 1.37. The summed E-state index contributed by atoms with van der Waals surface area (Å²) in [5.74, 6) is 0.867. The van der Waals surface area contributed by atoms with E-state index in [4.69, 9.17) is 0 Å². The maximum Gasteiger partial charge on any atom is 0.202 e. The maximum atomic E-state index is 4.37. The molecule has 4 heteroatoms. The second kappa shape index (κ2) is 4.17. The number of hydrogen-bond acceptors (Lipinski definition) is 3. The number of fused-ring (bicyclic) bond motifs is 1. The maximum absolute atomic E-state index is 4.37. The van der Waals surface area contributed by atoms with Crippen molar-refractivity contribution in [2.75, 3.05) is 0 Å². The van der Waals surface area contributed by atoms with E-state index >= 15 is 0 Å². The van der Waals surface area contributed by atoms with Crippen LogP contribution in [0.2, 0.25) is 0 Å². The fourth-order valence-electron chi connectivity index (χ4n) is 1.37. The Hall–Kier alpha value is -1.45. The van der Waals surface area contributed by atoms with Crippen LogP contribution < -0.4 is 0 Å². The summed E-state index contributed by atoms with van der Waals surface area (Å²) in [5, 5.41) is 3.99. The van der Waals surface area contributed by atoms with Gasteiger partial charge in [0.15, 0.2) is 5.65 Å². The highest BCUT2D eigenvalue weighted by atomic mass is 15.3. The summed E-state index contributed by atoms with van der Waals surface area (Å²) >= 11 is 0. The van der Waals surface area contributed by atoms with Crippen LogP contribution in [0.4, 0.5) is 0 Å². The Kier molecular flexibility index (Phi) is 2.72. The number of unbranched alkanes of at least 4 members (excludes halogenated alkanes) is 2. The molecule has 73 valence electrons. The standard InChI is InChI=1S/C10H13N4/c1-2-3-4-5-9-11-8-14-10(13-9)6-7-12-14/h6-7H,2-5H2,1H3. The molecule has 2 heterocycles. The van der Waals surface area contributed by atoms with Crippen molar-refractivity contribution in [2.45, 2.75) is 32.6 Å². The van der Waals surface area contributed by atoms with Crippen molar-refractivity contribution < 1.29 is 0 Å². The van der Waals surface area contributed by atoms with Crippen molar-refractivity contribution >= 4 is 5.65 Å². The average Bonchev–Trinajstić information content (AvgIpc) is 2.65. The molecule has 0 saturated carbocycles. The smallest absolute Gasteiger partial charge is 0.202 e. The molecule has 2 aromatic heterocycles. The van der Waals surface area contributed by atoms with Crippen LogP contribution in [0, 0.1) is 6.33 Å². The number of hydrogen-bond donors (Lipinski definition) is 0. The van der Waals surface area contributed by atoms with Gasteiger partial charge in [0.05, 0.1) is 6.20 Å². The predicted octanol–water partition coefficient (Wildman–Crippen LogP) is 1.66. The van der Waals surface area contributed by atoms with Gasteiger partial charge in [0.1, 0.15) is 5.82 Å². The minimum atomic E-state index is 0.825. The highest BCUT2D eigenvalue weighted by Crippen LogP contribution is 2.02. The van der Waals surface area contributed by atoms with E-state index in [0.717, 1.165) is 24.3 Å². The second-order valence-electron chi connectivity index (χ2n) is 3.30. The Labute approximate surface area is 83.0 Å². The van der Waals surface area contributed by atoms with Gasteiger partial charge in [-0.3, -0.25) is 0 Å². The summed E-state index contributed by atoms with van der Waals surface area (Å²) in [7, 11) is 0. The minimum absolute atomic E-state index is 0.825. The van der Waals surface area contributed by atoms with Gasteiger partial charge in [-0.25, -0.2) is 9.97 Å². The molecular formula is C10H13N4. The summed E-state index contributed by atoms with van der Waals surface area (Å²) in [4.78, 5) is 8.48. The van der Waals surface area contributed by atoms with Gasteiger partial charge >= 0.3 is 0 Å². The van der Waals surface area contributed by atoms with Gasteiger partial charge in [0.25, 0.3) is 0 Å².